The van der Waals surface area contributed by atoms with E-state index in [2.05, 4.69) is 28.4 Å². The number of hydrogen-bond donors (Lipinski definition) is 1. The zero-order chi connectivity index (χ0) is 28.2. The predicted molar refractivity (Wildman–Crippen MR) is 160 cm³/mol. The van der Waals surface area contributed by atoms with Gasteiger partial charge in [-0.05, 0) is 81.7 Å². The van der Waals surface area contributed by atoms with E-state index < -0.39 is 5.97 Å². The summed E-state index contributed by atoms with van der Waals surface area (Å²) in [4.78, 5) is 18.9. The minimum Gasteiger partial charge on any atom is -0.478 e. The Labute approximate surface area is 248 Å². The maximum atomic E-state index is 11.4. The third-order valence-electron chi connectivity index (χ3n) is 8.84. The molecule has 3 fully saturated rings. The molecular formula is C32H32ClN3O4S. The summed E-state index contributed by atoms with van der Waals surface area (Å²) in [5, 5.41) is 17.7. The number of piperidine rings is 1. The summed E-state index contributed by atoms with van der Waals surface area (Å²) < 4.78 is 12.5. The minimum atomic E-state index is -0.905. The van der Waals surface area contributed by atoms with Crippen LogP contribution in [0.5, 0.6) is 0 Å². The van der Waals surface area contributed by atoms with Crippen LogP contribution in [0.15, 0.2) is 46.3 Å². The molecular weight excluding hydrogens is 558 g/mol. The Kier molecular flexibility index (Phi) is 6.88. The van der Waals surface area contributed by atoms with E-state index in [4.69, 9.17) is 25.8 Å². The summed E-state index contributed by atoms with van der Waals surface area (Å²) in [7, 11) is 0. The number of aryl methyl sites for hydroxylation is 2. The van der Waals surface area contributed by atoms with Crippen molar-refractivity contribution >= 4 is 34.0 Å². The van der Waals surface area contributed by atoms with Gasteiger partial charge in [0.15, 0.2) is 5.13 Å². The van der Waals surface area contributed by atoms with Gasteiger partial charge in [0.25, 0.3) is 0 Å². The lowest BCUT2D eigenvalue weighted by Gasteiger charge is -2.38. The van der Waals surface area contributed by atoms with Crippen molar-refractivity contribution in [1.29, 1.82) is 0 Å². The molecule has 2 aliphatic heterocycles. The third-order valence-corrected chi connectivity index (χ3v) is 10.0. The van der Waals surface area contributed by atoms with E-state index in [1.54, 1.807) is 17.4 Å². The standard InChI is InChI=1S/C32H32ClN3O4S/c1-17-4-3-5-26(33)28(17)29-25(30(40-35-29)19-6-7-19)15-39-23-13-21-9-10-22(14-23)36(21)32-34-27(16-41-32)20-8-11-24(31(37)38)18(2)12-20/h3-5,8,11-12,16,19,21-23H,6-7,9-10,13-15H2,1-2H3,(H,37,38)/t21-,22+,23+. The molecule has 3 aliphatic rings. The van der Waals surface area contributed by atoms with Gasteiger partial charge in [0, 0.05) is 40.1 Å². The van der Waals surface area contributed by atoms with E-state index in [0.717, 1.165) is 88.6 Å². The van der Waals surface area contributed by atoms with Gasteiger partial charge in [-0.1, -0.05) is 35.0 Å². The second kappa shape index (κ2) is 10.6. The third kappa shape index (κ3) is 4.96. The monoisotopic (exact) mass is 589 g/mol. The Balaban J connectivity index is 1.07. The highest BCUT2D eigenvalue weighted by atomic mass is 35.5. The number of carboxylic acid groups (broad SMARTS) is 1. The molecule has 0 radical (unpaired) electrons. The number of anilines is 1. The quantitative estimate of drug-likeness (QED) is 0.222. The van der Waals surface area contributed by atoms with Crippen molar-refractivity contribution in [3.8, 4) is 22.5 Å². The minimum absolute atomic E-state index is 0.163. The number of halogens is 1. The van der Waals surface area contributed by atoms with Crippen molar-refractivity contribution in [1.82, 2.24) is 10.1 Å². The number of benzene rings is 2. The fourth-order valence-electron chi connectivity index (χ4n) is 6.61. The van der Waals surface area contributed by atoms with Crippen molar-refractivity contribution in [2.24, 2.45) is 0 Å². The summed E-state index contributed by atoms with van der Waals surface area (Å²) in [6, 6.07) is 12.1. The van der Waals surface area contributed by atoms with Crippen LogP contribution in [0.3, 0.4) is 0 Å². The van der Waals surface area contributed by atoms with Crippen LogP contribution in [0.2, 0.25) is 5.02 Å². The number of thiazole rings is 1. The van der Waals surface area contributed by atoms with Crippen LogP contribution in [-0.2, 0) is 11.3 Å². The van der Waals surface area contributed by atoms with Crippen molar-refractivity contribution in [2.45, 2.75) is 83.1 Å². The lowest BCUT2D eigenvalue weighted by Crippen LogP contribution is -2.45. The zero-order valence-electron chi connectivity index (χ0n) is 23.1. The maximum Gasteiger partial charge on any atom is 0.335 e. The largest absolute Gasteiger partial charge is 0.478 e. The molecule has 7 nitrogen and oxygen atoms in total. The molecule has 212 valence electrons. The predicted octanol–water partition coefficient (Wildman–Crippen LogP) is 8.03. The summed E-state index contributed by atoms with van der Waals surface area (Å²) in [6.45, 7) is 4.37. The Bertz CT molecular complexity index is 1590. The Hall–Kier alpha value is -3.20. The second-order valence-electron chi connectivity index (χ2n) is 11.6. The van der Waals surface area contributed by atoms with Gasteiger partial charge in [-0.25, -0.2) is 9.78 Å². The topological polar surface area (TPSA) is 88.7 Å². The number of rotatable bonds is 8. The van der Waals surface area contributed by atoms with Gasteiger partial charge in [0.2, 0.25) is 0 Å². The van der Waals surface area contributed by atoms with Crippen molar-refractivity contribution in [3.05, 3.63) is 74.8 Å². The Morgan fingerprint density at radius 1 is 1.12 bits per heavy atom. The summed E-state index contributed by atoms with van der Waals surface area (Å²) >= 11 is 8.29. The first-order valence-electron chi connectivity index (χ1n) is 14.3. The van der Waals surface area contributed by atoms with Gasteiger partial charge in [0.05, 0.1) is 29.0 Å². The fraction of sp³-hybridized carbons (Fsp3) is 0.406. The molecule has 0 amide bonds. The lowest BCUT2D eigenvalue weighted by atomic mass is 9.99. The molecule has 7 rings (SSSR count). The SMILES string of the molecule is Cc1cc(-c2csc(N3[C@@H]4CC[C@H]3C[C@@H](OCc3c(-c5c(C)cccc5Cl)noc3C3CC3)C4)n2)ccc1C(=O)O. The molecule has 4 heterocycles. The first-order valence-corrected chi connectivity index (χ1v) is 15.6. The smallest absolute Gasteiger partial charge is 0.335 e. The van der Waals surface area contributed by atoms with Crippen LogP contribution in [-0.4, -0.2) is 39.4 Å². The van der Waals surface area contributed by atoms with Crippen molar-refractivity contribution in [3.63, 3.8) is 0 Å². The lowest BCUT2D eigenvalue weighted by molar-refractivity contribution is 0.0147. The molecule has 0 unspecified atom stereocenters. The molecule has 0 spiro atoms. The molecule has 2 aromatic carbocycles. The van der Waals surface area contributed by atoms with Crippen LogP contribution in [0.1, 0.15) is 77.3 Å². The van der Waals surface area contributed by atoms with E-state index >= 15 is 0 Å². The average molecular weight is 590 g/mol. The number of aromatic carboxylic acids is 1. The van der Waals surface area contributed by atoms with Crippen LogP contribution < -0.4 is 4.90 Å². The number of fused-ring (bicyclic) bond motifs is 2. The highest BCUT2D eigenvalue weighted by Crippen LogP contribution is 2.47. The molecule has 1 saturated carbocycles. The summed E-state index contributed by atoms with van der Waals surface area (Å²) in [5.41, 5.74) is 6.80. The molecule has 1 aliphatic carbocycles. The van der Waals surface area contributed by atoms with E-state index in [0.29, 0.717) is 35.2 Å². The Morgan fingerprint density at radius 2 is 1.90 bits per heavy atom. The van der Waals surface area contributed by atoms with Crippen molar-refractivity contribution < 1.29 is 19.2 Å². The van der Waals surface area contributed by atoms with Crippen LogP contribution in [0.25, 0.3) is 22.5 Å². The highest BCUT2D eigenvalue weighted by molar-refractivity contribution is 7.14. The van der Waals surface area contributed by atoms with Crippen LogP contribution in [0.4, 0.5) is 5.13 Å². The van der Waals surface area contributed by atoms with Gasteiger partial charge in [-0.3, -0.25) is 0 Å². The van der Waals surface area contributed by atoms with Gasteiger partial charge in [0.1, 0.15) is 11.5 Å². The molecule has 2 bridgehead atoms. The second-order valence-corrected chi connectivity index (χ2v) is 12.9. The van der Waals surface area contributed by atoms with E-state index in [9.17, 15) is 9.90 Å². The average Bonchev–Trinajstić information content (AvgIpc) is 3.41. The first kappa shape index (κ1) is 26.7. The number of aromatic nitrogens is 2. The van der Waals surface area contributed by atoms with E-state index in [-0.39, 0.29) is 6.10 Å². The number of nitrogens with zero attached hydrogens (tertiary/aromatic N) is 3. The summed E-state index contributed by atoms with van der Waals surface area (Å²) in [5.74, 6) is 0.484. The maximum absolute atomic E-state index is 11.4. The molecule has 2 saturated heterocycles. The Morgan fingerprint density at radius 3 is 2.59 bits per heavy atom. The zero-order valence-corrected chi connectivity index (χ0v) is 24.7. The highest BCUT2D eigenvalue weighted by Gasteiger charge is 2.43. The molecule has 3 atom stereocenters. The molecule has 4 aromatic rings. The van der Waals surface area contributed by atoms with Gasteiger partial charge in [-0.15, -0.1) is 11.3 Å². The van der Waals surface area contributed by atoms with Gasteiger partial charge >= 0.3 is 5.97 Å². The van der Waals surface area contributed by atoms with Crippen LogP contribution in [0, 0.1) is 13.8 Å². The van der Waals surface area contributed by atoms with Crippen molar-refractivity contribution in [2.75, 3.05) is 4.90 Å². The normalized spacial score (nSPS) is 21.9. The van der Waals surface area contributed by atoms with E-state index in [1.165, 1.54) is 0 Å². The first-order chi connectivity index (χ1) is 19.9. The molecule has 9 heteroatoms. The van der Waals surface area contributed by atoms with Crippen LogP contribution >= 0.6 is 22.9 Å². The number of carbonyl (C=O) groups is 1. The summed E-state index contributed by atoms with van der Waals surface area (Å²) in [6.07, 6.45) is 6.62. The number of carboxylic acids is 1. The molecule has 2 aromatic heterocycles. The molecule has 1 N–H and O–H groups in total. The van der Waals surface area contributed by atoms with E-state index in [1.807, 2.05) is 31.2 Å². The number of hydrogen-bond acceptors (Lipinski definition) is 7. The number of ether oxygens (including phenoxy) is 1. The van der Waals surface area contributed by atoms with Gasteiger partial charge in [-0.2, -0.15) is 0 Å². The fourth-order valence-corrected chi connectivity index (χ4v) is 7.90. The molecule has 41 heavy (non-hydrogen) atoms. The van der Waals surface area contributed by atoms with Gasteiger partial charge < -0.3 is 19.3 Å².